The molecule has 0 saturated heterocycles. The van der Waals surface area contributed by atoms with Crippen LogP contribution in [0.4, 0.5) is 5.13 Å². The Morgan fingerprint density at radius 1 is 1.12 bits per heavy atom. The van der Waals surface area contributed by atoms with Crippen LogP contribution in [0.3, 0.4) is 0 Å². The molecule has 2 heterocycles. The summed E-state index contributed by atoms with van der Waals surface area (Å²) in [5.74, 6) is 2.03. The molecule has 1 amide bonds. The van der Waals surface area contributed by atoms with Gasteiger partial charge >= 0.3 is 0 Å². The van der Waals surface area contributed by atoms with Crippen molar-refractivity contribution in [3.8, 4) is 17.0 Å². The zero-order chi connectivity index (χ0) is 24.1. The molecule has 0 saturated carbocycles. The monoisotopic (exact) mass is 493 g/mol. The first-order valence-corrected chi connectivity index (χ1v) is 12.8. The maximum atomic E-state index is 12.4. The van der Waals surface area contributed by atoms with E-state index in [0.717, 1.165) is 17.0 Å². The van der Waals surface area contributed by atoms with Gasteiger partial charge in [0.15, 0.2) is 16.1 Å². The molecule has 0 radical (unpaired) electrons. The summed E-state index contributed by atoms with van der Waals surface area (Å²) >= 11 is 2.74. The lowest BCUT2D eigenvalue weighted by atomic mass is 10.0. The molecule has 0 aliphatic carbocycles. The molecule has 34 heavy (non-hydrogen) atoms. The Labute approximate surface area is 207 Å². The normalized spacial score (nSPS) is 11.1. The summed E-state index contributed by atoms with van der Waals surface area (Å²) in [6.07, 6.45) is 0. The molecular weight excluding hydrogens is 466 g/mol. The fourth-order valence-corrected chi connectivity index (χ4v) is 4.63. The van der Waals surface area contributed by atoms with Gasteiger partial charge in [-0.05, 0) is 30.5 Å². The Hall–Kier alpha value is -3.17. The number of rotatable bonds is 9. The van der Waals surface area contributed by atoms with E-state index in [2.05, 4.69) is 46.5 Å². The van der Waals surface area contributed by atoms with Gasteiger partial charge in [0.05, 0.1) is 11.4 Å². The van der Waals surface area contributed by atoms with E-state index in [-0.39, 0.29) is 11.7 Å². The predicted octanol–water partition coefficient (Wildman–Crippen LogP) is 5.68. The van der Waals surface area contributed by atoms with Crippen LogP contribution >= 0.6 is 23.1 Å². The largest absolute Gasteiger partial charge is 0.486 e. The van der Waals surface area contributed by atoms with Crippen molar-refractivity contribution in [1.82, 2.24) is 19.7 Å². The number of amides is 1. The van der Waals surface area contributed by atoms with Crippen molar-refractivity contribution in [1.29, 1.82) is 0 Å². The number of nitrogens with one attached hydrogen (secondary N) is 1. The third-order valence-corrected chi connectivity index (χ3v) is 7.05. The van der Waals surface area contributed by atoms with Crippen molar-refractivity contribution < 1.29 is 9.53 Å². The van der Waals surface area contributed by atoms with Gasteiger partial charge < -0.3 is 14.6 Å². The van der Waals surface area contributed by atoms with E-state index in [4.69, 9.17) is 4.74 Å². The summed E-state index contributed by atoms with van der Waals surface area (Å²) in [5.41, 5.74) is 4.35. The van der Waals surface area contributed by atoms with E-state index in [1.807, 2.05) is 60.3 Å². The lowest BCUT2D eigenvalue weighted by Gasteiger charge is -2.09. The van der Waals surface area contributed by atoms with Crippen LogP contribution in [0.5, 0.6) is 5.75 Å². The van der Waals surface area contributed by atoms with Crippen LogP contribution < -0.4 is 10.1 Å². The quantitative estimate of drug-likeness (QED) is 0.302. The Balaban J connectivity index is 1.28. The first-order chi connectivity index (χ1) is 16.4. The fraction of sp³-hybridized carbons (Fsp3) is 0.280. The predicted molar refractivity (Wildman–Crippen MR) is 138 cm³/mol. The Bertz CT molecular complexity index is 1250. The van der Waals surface area contributed by atoms with Gasteiger partial charge in [-0.3, -0.25) is 4.79 Å². The van der Waals surface area contributed by atoms with Crippen LogP contribution in [0.1, 0.15) is 36.7 Å². The summed E-state index contributed by atoms with van der Waals surface area (Å²) < 4.78 is 7.70. The third kappa shape index (κ3) is 6.03. The van der Waals surface area contributed by atoms with E-state index < -0.39 is 0 Å². The molecule has 0 fully saturated rings. The minimum absolute atomic E-state index is 0.138. The number of carbonyl (C=O) groups excluding carboxylic acids is 1. The van der Waals surface area contributed by atoms with Crippen LogP contribution in [0.25, 0.3) is 11.3 Å². The lowest BCUT2D eigenvalue weighted by Crippen LogP contribution is -2.14. The van der Waals surface area contributed by atoms with Gasteiger partial charge in [0, 0.05) is 18.0 Å². The second-order valence-electron chi connectivity index (χ2n) is 8.21. The molecule has 176 valence electrons. The van der Waals surface area contributed by atoms with Crippen LogP contribution in [0.15, 0.2) is 59.1 Å². The number of anilines is 1. The number of thiazole rings is 1. The average Bonchev–Trinajstić information content (AvgIpc) is 3.43. The lowest BCUT2D eigenvalue weighted by molar-refractivity contribution is -0.113. The molecule has 2 aromatic carbocycles. The van der Waals surface area contributed by atoms with Gasteiger partial charge in [0.1, 0.15) is 12.4 Å². The number of aromatic nitrogens is 4. The van der Waals surface area contributed by atoms with Crippen molar-refractivity contribution in [2.45, 2.75) is 38.5 Å². The smallest absolute Gasteiger partial charge is 0.236 e. The molecule has 4 aromatic rings. The van der Waals surface area contributed by atoms with Gasteiger partial charge in [-0.15, -0.1) is 21.5 Å². The van der Waals surface area contributed by atoms with Crippen LogP contribution in [-0.2, 0) is 18.4 Å². The highest BCUT2D eigenvalue weighted by atomic mass is 32.2. The number of hydrogen-bond acceptors (Lipinski definition) is 7. The molecule has 1 N–H and O–H groups in total. The number of aryl methyl sites for hydroxylation is 1. The number of carbonyl (C=O) groups is 1. The molecule has 7 nitrogen and oxygen atoms in total. The van der Waals surface area contributed by atoms with E-state index in [1.165, 1.54) is 34.2 Å². The molecule has 0 bridgehead atoms. The summed E-state index contributed by atoms with van der Waals surface area (Å²) in [7, 11) is 1.87. The number of ether oxygens (including phenoxy) is 1. The van der Waals surface area contributed by atoms with Gasteiger partial charge in [-0.1, -0.05) is 67.6 Å². The number of thioether (sulfide) groups is 1. The SMILES string of the molecule is Cc1ccc(-c2csc(NC(=O)CSc3nnc(COc4ccc(C(C)C)cc4)n3C)n2)cc1. The molecular formula is C25H27N5O2S2. The van der Waals surface area contributed by atoms with Crippen LogP contribution in [0.2, 0.25) is 0 Å². The number of benzene rings is 2. The molecule has 2 aromatic heterocycles. The molecule has 4 rings (SSSR count). The zero-order valence-electron chi connectivity index (χ0n) is 19.6. The van der Waals surface area contributed by atoms with Crippen LogP contribution in [0, 0.1) is 6.92 Å². The van der Waals surface area contributed by atoms with Crippen molar-refractivity contribution in [3.63, 3.8) is 0 Å². The van der Waals surface area contributed by atoms with Gasteiger partial charge in [0.2, 0.25) is 5.91 Å². The molecule has 0 atom stereocenters. The standard InChI is InChI=1S/C25H27N5O2S2/c1-16(2)18-9-11-20(12-10-18)32-13-22-28-29-25(30(22)4)34-15-23(31)27-24-26-21(14-33-24)19-7-5-17(3)6-8-19/h5-12,14,16H,13,15H2,1-4H3,(H,26,27,31). The topological polar surface area (TPSA) is 81.9 Å². The first-order valence-electron chi connectivity index (χ1n) is 11.0. The first kappa shape index (κ1) is 24.0. The second kappa shape index (κ2) is 10.8. The molecule has 0 unspecified atom stereocenters. The van der Waals surface area contributed by atoms with Crippen molar-refractivity contribution in [2.75, 3.05) is 11.1 Å². The molecule has 0 aliphatic heterocycles. The highest BCUT2D eigenvalue weighted by Gasteiger charge is 2.14. The zero-order valence-corrected chi connectivity index (χ0v) is 21.2. The number of nitrogens with zero attached hydrogens (tertiary/aromatic N) is 4. The highest BCUT2D eigenvalue weighted by molar-refractivity contribution is 7.99. The highest BCUT2D eigenvalue weighted by Crippen LogP contribution is 2.26. The maximum Gasteiger partial charge on any atom is 0.236 e. The fourth-order valence-electron chi connectivity index (χ4n) is 3.17. The van der Waals surface area contributed by atoms with Crippen molar-refractivity contribution in [3.05, 3.63) is 70.9 Å². The summed E-state index contributed by atoms with van der Waals surface area (Å²) in [4.78, 5) is 17.0. The summed E-state index contributed by atoms with van der Waals surface area (Å²) in [6, 6.07) is 16.2. The maximum absolute atomic E-state index is 12.4. The average molecular weight is 494 g/mol. The summed E-state index contributed by atoms with van der Waals surface area (Å²) in [6.45, 7) is 6.67. The van der Waals surface area contributed by atoms with E-state index in [0.29, 0.717) is 28.6 Å². The molecule has 9 heteroatoms. The third-order valence-electron chi connectivity index (χ3n) is 5.27. The van der Waals surface area contributed by atoms with Gasteiger partial charge in [-0.2, -0.15) is 0 Å². The minimum atomic E-state index is -0.138. The molecule has 0 spiro atoms. The Morgan fingerprint density at radius 3 is 2.56 bits per heavy atom. The Morgan fingerprint density at radius 2 is 1.85 bits per heavy atom. The summed E-state index contributed by atoms with van der Waals surface area (Å²) in [5, 5.41) is 14.4. The molecule has 0 aliphatic rings. The number of hydrogen-bond donors (Lipinski definition) is 1. The van der Waals surface area contributed by atoms with E-state index in [1.54, 1.807) is 0 Å². The van der Waals surface area contributed by atoms with E-state index >= 15 is 0 Å². The van der Waals surface area contributed by atoms with Gasteiger partial charge in [0.25, 0.3) is 0 Å². The van der Waals surface area contributed by atoms with E-state index in [9.17, 15) is 4.79 Å². The minimum Gasteiger partial charge on any atom is -0.486 e. The van der Waals surface area contributed by atoms with Gasteiger partial charge in [-0.25, -0.2) is 4.98 Å². The van der Waals surface area contributed by atoms with Crippen molar-refractivity contribution >= 4 is 34.1 Å². The van der Waals surface area contributed by atoms with Crippen molar-refractivity contribution in [2.24, 2.45) is 7.05 Å². The Kier molecular flexibility index (Phi) is 7.64. The van der Waals surface area contributed by atoms with Crippen LogP contribution in [-0.4, -0.2) is 31.4 Å². The second-order valence-corrected chi connectivity index (χ2v) is 10.0.